The Hall–Kier alpha value is -1.09. The second-order valence-corrected chi connectivity index (χ2v) is 8.24. The molecule has 0 saturated carbocycles. The van der Waals surface area contributed by atoms with Gasteiger partial charge in [-0.2, -0.15) is 13.2 Å². The Morgan fingerprint density at radius 2 is 2.04 bits per heavy atom. The summed E-state index contributed by atoms with van der Waals surface area (Å²) in [7, 11) is 2.10. The number of nitrogens with one attached hydrogen (secondary N) is 1. The quantitative estimate of drug-likeness (QED) is 0.696. The normalized spacial score (nSPS) is 21.7. The third-order valence-electron chi connectivity index (χ3n) is 5.35. The number of hydrogen-bond donors (Lipinski definition) is 1. The first-order valence-electron chi connectivity index (χ1n) is 9.48. The first-order valence-corrected chi connectivity index (χ1v) is 10.3. The maximum atomic E-state index is 12.9. The fourth-order valence-corrected chi connectivity index (χ4v) is 4.25. The van der Waals surface area contributed by atoms with Crippen LogP contribution in [0.3, 0.4) is 0 Å². The van der Waals surface area contributed by atoms with E-state index in [1.807, 2.05) is 0 Å². The van der Waals surface area contributed by atoms with Crippen LogP contribution in [-0.2, 0) is 10.9 Å². The van der Waals surface area contributed by atoms with Crippen LogP contribution in [0.5, 0.6) is 0 Å². The van der Waals surface area contributed by atoms with E-state index in [1.165, 1.54) is 6.07 Å². The Bertz CT molecular complexity index is 689. The molecule has 156 valence electrons. The summed E-state index contributed by atoms with van der Waals surface area (Å²) in [5, 5.41) is 3.54. The highest BCUT2D eigenvalue weighted by Crippen LogP contribution is 2.34. The van der Waals surface area contributed by atoms with E-state index < -0.39 is 11.7 Å². The number of alkyl halides is 3. The molecule has 2 aliphatic heterocycles. The highest BCUT2D eigenvalue weighted by Gasteiger charge is 2.32. The van der Waals surface area contributed by atoms with E-state index in [0.717, 1.165) is 57.5 Å². The number of nitrogens with zero attached hydrogens (tertiary/aromatic N) is 2. The topological polar surface area (TPSA) is 27.7 Å². The molecule has 0 aliphatic carbocycles. The molecule has 2 aliphatic rings. The maximum absolute atomic E-state index is 12.9. The number of halogens is 4. The molecule has 4 nitrogen and oxygen atoms in total. The average Bonchev–Trinajstić information content (AvgIpc) is 3.14. The summed E-state index contributed by atoms with van der Waals surface area (Å²) in [6.45, 7) is 3.40. The largest absolute Gasteiger partial charge is 0.416 e. The molecular formula is C19H25ClF3N3OS. The summed E-state index contributed by atoms with van der Waals surface area (Å²) in [5.74, 6) is 0. The number of benzene rings is 1. The van der Waals surface area contributed by atoms with Crippen LogP contribution in [0, 0.1) is 0 Å². The highest BCUT2D eigenvalue weighted by molar-refractivity contribution is 7.80. The lowest BCUT2D eigenvalue weighted by atomic mass is 10.0. The molecule has 1 N–H and O–H groups in total. The number of rotatable bonds is 4. The van der Waals surface area contributed by atoms with Crippen LogP contribution in [0.2, 0.25) is 5.02 Å². The lowest BCUT2D eigenvalue weighted by molar-refractivity contribution is -0.137. The van der Waals surface area contributed by atoms with Gasteiger partial charge in [0.2, 0.25) is 0 Å². The van der Waals surface area contributed by atoms with Gasteiger partial charge in [-0.1, -0.05) is 11.6 Å². The van der Waals surface area contributed by atoms with Gasteiger partial charge >= 0.3 is 6.18 Å². The van der Waals surface area contributed by atoms with Gasteiger partial charge in [-0.15, -0.1) is 0 Å². The molecule has 0 radical (unpaired) electrons. The number of likely N-dealkylation sites (tertiary alicyclic amines) is 1. The molecular weight excluding hydrogens is 411 g/mol. The summed E-state index contributed by atoms with van der Waals surface area (Å²) >= 11 is 11.7. The fraction of sp³-hybridized carbons (Fsp3) is 0.632. The van der Waals surface area contributed by atoms with Gasteiger partial charge in [0.25, 0.3) is 0 Å². The monoisotopic (exact) mass is 435 g/mol. The van der Waals surface area contributed by atoms with E-state index in [0.29, 0.717) is 17.3 Å². The zero-order valence-corrected chi connectivity index (χ0v) is 17.3. The van der Waals surface area contributed by atoms with Crippen LogP contribution in [0.25, 0.3) is 0 Å². The van der Waals surface area contributed by atoms with Crippen molar-refractivity contribution in [2.75, 3.05) is 38.6 Å². The van der Waals surface area contributed by atoms with Crippen molar-refractivity contribution >= 4 is 34.6 Å². The number of hydrogen-bond acceptors (Lipinski definition) is 3. The van der Waals surface area contributed by atoms with Gasteiger partial charge in [-0.05, 0) is 76.2 Å². The Morgan fingerprint density at radius 1 is 1.32 bits per heavy atom. The van der Waals surface area contributed by atoms with Crippen molar-refractivity contribution in [1.29, 1.82) is 0 Å². The maximum Gasteiger partial charge on any atom is 0.416 e. The molecule has 3 rings (SSSR count). The summed E-state index contributed by atoms with van der Waals surface area (Å²) in [4.78, 5) is 4.41. The Labute approximate surface area is 174 Å². The Balaban J connectivity index is 1.73. The van der Waals surface area contributed by atoms with Crippen molar-refractivity contribution < 1.29 is 17.9 Å². The van der Waals surface area contributed by atoms with Crippen LogP contribution in [0.15, 0.2) is 18.2 Å². The van der Waals surface area contributed by atoms with E-state index in [2.05, 4.69) is 22.2 Å². The summed E-state index contributed by atoms with van der Waals surface area (Å²) in [6, 6.07) is 3.54. The number of thiocarbonyl (C=S) groups is 1. The second kappa shape index (κ2) is 9.15. The highest BCUT2D eigenvalue weighted by atomic mass is 35.5. The number of anilines is 1. The van der Waals surface area contributed by atoms with Gasteiger partial charge in [0.15, 0.2) is 5.11 Å². The SMILES string of the molecule is CN1CCC(N(CC2CCCO2)C(=S)Nc2ccc(C(F)(F)F)cc2Cl)CC1. The first-order chi connectivity index (χ1) is 13.2. The standard InChI is InChI=1S/C19H25ClF3N3OS/c1-25-8-6-14(7-9-25)26(12-15-3-2-10-27-15)18(28)24-17-5-4-13(11-16(17)20)19(21,22)23/h4-5,11,14-15H,2-3,6-10,12H2,1H3,(H,24,28). The molecule has 1 atom stereocenters. The molecule has 2 saturated heterocycles. The fourth-order valence-electron chi connectivity index (χ4n) is 3.69. The average molecular weight is 436 g/mol. The van der Waals surface area contributed by atoms with Gasteiger partial charge < -0.3 is 19.9 Å². The summed E-state index contributed by atoms with van der Waals surface area (Å²) in [5.41, 5.74) is -0.398. The van der Waals surface area contributed by atoms with E-state index in [-0.39, 0.29) is 17.2 Å². The summed E-state index contributed by atoms with van der Waals surface area (Å²) in [6.07, 6.45) is -0.313. The van der Waals surface area contributed by atoms with E-state index in [1.54, 1.807) is 0 Å². The van der Waals surface area contributed by atoms with Gasteiger partial charge in [0, 0.05) is 19.2 Å². The molecule has 0 spiro atoms. The predicted molar refractivity (Wildman–Crippen MR) is 109 cm³/mol. The van der Waals surface area contributed by atoms with Gasteiger partial charge in [-0.25, -0.2) is 0 Å². The Morgan fingerprint density at radius 3 is 2.61 bits per heavy atom. The molecule has 1 aromatic carbocycles. The van der Waals surface area contributed by atoms with Crippen molar-refractivity contribution in [3.8, 4) is 0 Å². The third kappa shape index (κ3) is 5.49. The van der Waals surface area contributed by atoms with Crippen LogP contribution >= 0.6 is 23.8 Å². The first kappa shape index (κ1) is 21.6. The van der Waals surface area contributed by atoms with E-state index in [9.17, 15) is 13.2 Å². The number of piperidine rings is 1. The van der Waals surface area contributed by atoms with Crippen LogP contribution < -0.4 is 5.32 Å². The molecule has 9 heteroatoms. The molecule has 0 amide bonds. The van der Waals surface area contributed by atoms with Crippen molar-refractivity contribution in [3.05, 3.63) is 28.8 Å². The molecule has 1 unspecified atom stereocenters. The van der Waals surface area contributed by atoms with Crippen LogP contribution in [0.1, 0.15) is 31.2 Å². The molecule has 2 fully saturated rings. The molecule has 28 heavy (non-hydrogen) atoms. The minimum Gasteiger partial charge on any atom is -0.376 e. The van der Waals surface area contributed by atoms with Crippen molar-refractivity contribution in [1.82, 2.24) is 9.80 Å². The van der Waals surface area contributed by atoms with Crippen molar-refractivity contribution in [2.24, 2.45) is 0 Å². The molecule has 1 aromatic rings. The van der Waals surface area contributed by atoms with Gasteiger partial charge in [-0.3, -0.25) is 0 Å². The summed E-state index contributed by atoms with van der Waals surface area (Å²) < 4.78 is 44.4. The third-order valence-corrected chi connectivity index (χ3v) is 6.00. The van der Waals surface area contributed by atoms with Crippen LogP contribution in [0.4, 0.5) is 18.9 Å². The van der Waals surface area contributed by atoms with E-state index in [4.69, 9.17) is 28.6 Å². The minimum absolute atomic E-state index is 0.00220. The molecule has 0 bridgehead atoms. The van der Waals surface area contributed by atoms with Crippen LogP contribution in [-0.4, -0.2) is 60.3 Å². The zero-order valence-electron chi connectivity index (χ0n) is 15.8. The van der Waals surface area contributed by atoms with Crippen molar-refractivity contribution in [2.45, 2.75) is 44.0 Å². The van der Waals surface area contributed by atoms with Gasteiger partial charge in [0.05, 0.1) is 22.4 Å². The zero-order chi connectivity index (χ0) is 20.3. The van der Waals surface area contributed by atoms with E-state index >= 15 is 0 Å². The van der Waals surface area contributed by atoms with Crippen molar-refractivity contribution in [3.63, 3.8) is 0 Å². The lowest BCUT2D eigenvalue weighted by Gasteiger charge is -2.40. The molecule has 2 heterocycles. The Kier molecular flexibility index (Phi) is 7.07. The lowest BCUT2D eigenvalue weighted by Crippen LogP contribution is -2.50. The smallest absolute Gasteiger partial charge is 0.376 e. The number of ether oxygens (including phenoxy) is 1. The molecule has 0 aromatic heterocycles. The predicted octanol–water partition coefficient (Wildman–Crippen LogP) is 4.63. The minimum atomic E-state index is -4.43. The second-order valence-electron chi connectivity index (χ2n) is 7.44. The van der Waals surface area contributed by atoms with Gasteiger partial charge in [0.1, 0.15) is 0 Å².